The van der Waals surface area contributed by atoms with Crippen LogP contribution >= 0.6 is 0 Å². The molecular formula is C14H17N3O3. The Morgan fingerprint density at radius 3 is 2.40 bits per heavy atom. The molecule has 2 rings (SSSR count). The summed E-state index contributed by atoms with van der Waals surface area (Å²) in [5, 5.41) is 13.2. The number of rotatable bonds is 6. The van der Waals surface area contributed by atoms with Gasteiger partial charge in [0, 0.05) is 25.0 Å². The number of hydrogen-bond donors (Lipinski definition) is 2. The normalized spacial score (nSPS) is 11.8. The second kappa shape index (κ2) is 6.72. The minimum atomic E-state index is -0.707. The molecular weight excluding hydrogens is 258 g/mol. The van der Waals surface area contributed by atoms with Crippen molar-refractivity contribution < 1.29 is 14.6 Å². The van der Waals surface area contributed by atoms with E-state index in [2.05, 4.69) is 15.3 Å². The van der Waals surface area contributed by atoms with Gasteiger partial charge in [0.25, 0.3) is 0 Å². The molecule has 0 saturated heterocycles. The Kier molecular flexibility index (Phi) is 4.73. The average Bonchev–Trinajstić information content (AvgIpc) is 2.52. The number of aromatic nitrogens is 2. The molecule has 1 atom stereocenters. The van der Waals surface area contributed by atoms with Crippen LogP contribution in [0.4, 0.5) is 5.82 Å². The number of anilines is 1. The topological polar surface area (TPSA) is 76.5 Å². The van der Waals surface area contributed by atoms with Crippen molar-refractivity contribution in [1.82, 2.24) is 9.97 Å². The van der Waals surface area contributed by atoms with Gasteiger partial charge in [-0.3, -0.25) is 4.98 Å². The molecule has 0 bridgehead atoms. The molecule has 1 aromatic heterocycles. The average molecular weight is 275 g/mol. The fourth-order valence-electron chi connectivity index (χ4n) is 1.73. The lowest BCUT2D eigenvalue weighted by Gasteiger charge is -2.14. The van der Waals surface area contributed by atoms with E-state index in [-0.39, 0.29) is 0 Å². The number of nitrogens with zero attached hydrogens (tertiary/aromatic N) is 2. The molecule has 0 amide bonds. The highest BCUT2D eigenvalue weighted by atomic mass is 16.5. The number of aliphatic hydroxyl groups is 1. The van der Waals surface area contributed by atoms with E-state index in [0.717, 1.165) is 0 Å². The van der Waals surface area contributed by atoms with Gasteiger partial charge in [-0.05, 0) is 17.7 Å². The Hall–Kier alpha value is -2.34. The number of benzene rings is 1. The van der Waals surface area contributed by atoms with Crippen LogP contribution in [0.3, 0.4) is 0 Å². The fraction of sp³-hybridized carbons (Fsp3) is 0.286. The Balaban J connectivity index is 2.06. The zero-order valence-corrected chi connectivity index (χ0v) is 11.4. The zero-order chi connectivity index (χ0) is 14.4. The van der Waals surface area contributed by atoms with Crippen molar-refractivity contribution in [3.8, 4) is 11.5 Å². The predicted molar refractivity (Wildman–Crippen MR) is 75.0 cm³/mol. The van der Waals surface area contributed by atoms with Gasteiger partial charge in [-0.25, -0.2) is 4.98 Å². The fourth-order valence-corrected chi connectivity index (χ4v) is 1.73. The highest BCUT2D eigenvalue weighted by Crippen LogP contribution is 2.26. The Labute approximate surface area is 117 Å². The number of hydrogen-bond acceptors (Lipinski definition) is 6. The first-order chi connectivity index (χ1) is 9.72. The van der Waals surface area contributed by atoms with E-state index in [1.54, 1.807) is 51.0 Å². The van der Waals surface area contributed by atoms with E-state index in [4.69, 9.17) is 9.47 Å². The van der Waals surface area contributed by atoms with Crippen molar-refractivity contribution in [2.75, 3.05) is 26.1 Å². The van der Waals surface area contributed by atoms with Gasteiger partial charge in [0.2, 0.25) is 0 Å². The minimum Gasteiger partial charge on any atom is -0.497 e. The van der Waals surface area contributed by atoms with Crippen LogP contribution in [0.1, 0.15) is 11.7 Å². The molecule has 6 nitrogen and oxygen atoms in total. The lowest BCUT2D eigenvalue weighted by molar-refractivity contribution is 0.190. The highest BCUT2D eigenvalue weighted by Gasteiger charge is 2.11. The SMILES string of the molecule is COc1cc(OC)cc(C(O)CNc2cnccn2)c1. The van der Waals surface area contributed by atoms with E-state index in [1.165, 1.54) is 0 Å². The second-order valence-corrected chi connectivity index (χ2v) is 4.13. The van der Waals surface area contributed by atoms with Crippen molar-refractivity contribution >= 4 is 5.82 Å². The third-order valence-electron chi connectivity index (χ3n) is 2.80. The van der Waals surface area contributed by atoms with E-state index < -0.39 is 6.10 Å². The van der Waals surface area contributed by atoms with Crippen LogP contribution in [0.25, 0.3) is 0 Å². The van der Waals surface area contributed by atoms with Gasteiger partial charge in [-0.15, -0.1) is 0 Å². The number of nitrogens with one attached hydrogen (secondary N) is 1. The first kappa shape index (κ1) is 14.1. The Bertz CT molecular complexity index is 526. The predicted octanol–water partition coefficient (Wildman–Crippen LogP) is 1.64. The second-order valence-electron chi connectivity index (χ2n) is 4.13. The van der Waals surface area contributed by atoms with Gasteiger partial charge in [0.1, 0.15) is 17.3 Å². The third-order valence-corrected chi connectivity index (χ3v) is 2.80. The monoisotopic (exact) mass is 275 g/mol. The molecule has 0 spiro atoms. The van der Waals surface area contributed by atoms with Gasteiger partial charge < -0.3 is 19.9 Å². The summed E-state index contributed by atoms with van der Waals surface area (Å²) in [7, 11) is 3.14. The van der Waals surface area contributed by atoms with Crippen molar-refractivity contribution in [3.63, 3.8) is 0 Å². The van der Waals surface area contributed by atoms with Crippen LogP contribution < -0.4 is 14.8 Å². The van der Waals surface area contributed by atoms with Crippen LogP contribution in [0.5, 0.6) is 11.5 Å². The van der Waals surface area contributed by atoms with Gasteiger partial charge in [0.15, 0.2) is 0 Å². The van der Waals surface area contributed by atoms with Crippen molar-refractivity contribution in [1.29, 1.82) is 0 Å². The Morgan fingerprint density at radius 2 is 1.85 bits per heavy atom. The van der Waals surface area contributed by atoms with Crippen LogP contribution in [0, 0.1) is 0 Å². The van der Waals surface area contributed by atoms with Crippen LogP contribution in [-0.2, 0) is 0 Å². The molecule has 0 aliphatic heterocycles. The van der Waals surface area contributed by atoms with E-state index in [1.807, 2.05) is 0 Å². The van der Waals surface area contributed by atoms with Crippen LogP contribution in [0.15, 0.2) is 36.8 Å². The minimum absolute atomic E-state index is 0.314. The maximum absolute atomic E-state index is 10.2. The number of methoxy groups -OCH3 is 2. The molecule has 20 heavy (non-hydrogen) atoms. The van der Waals surface area contributed by atoms with Crippen LogP contribution in [0.2, 0.25) is 0 Å². The summed E-state index contributed by atoms with van der Waals surface area (Å²) in [6, 6.07) is 5.30. The standard InChI is InChI=1S/C14H17N3O3/c1-19-11-5-10(6-12(7-11)20-2)13(18)8-17-14-9-15-3-4-16-14/h3-7,9,13,18H,8H2,1-2H3,(H,16,17). The third kappa shape index (κ3) is 3.58. The Morgan fingerprint density at radius 1 is 1.15 bits per heavy atom. The molecule has 1 aromatic carbocycles. The van der Waals surface area contributed by atoms with Gasteiger partial charge in [0.05, 0.1) is 26.5 Å². The zero-order valence-electron chi connectivity index (χ0n) is 11.4. The molecule has 0 aliphatic rings. The summed E-state index contributed by atoms with van der Waals surface area (Å²) in [6.07, 6.45) is 4.07. The smallest absolute Gasteiger partial charge is 0.144 e. The molecule has 106 valence electrons. The molecule has 0 aliphatic carbocycles. The summed E-state index contributed by atoms with van der Waals surface area (Å²) in [4.78, 5) is 8.02. The van der Waals surface area contributed by atoms with E-state index >= 15 is 0 Å². The van der Waals surface area contributed by atoms with E-state index in [9.17, 15) is 5.11 Å². The molecule has 1 heterocycles. The lowest BCUT2D eigenvalue weighted by atomic mass is 10.1. The van der Waals surface area contributed by atoms with Gasteiger partial charge in [-0.2, -0.15) is 0 Å². The first-order valence-electron chi connectivity index (χ1n) is 6.14. The summed E-state index contributed by atoms with van der Waals surface area (Å²) >= 11 is 0. The maximum atomic E-state index is 10.2. The molecule has 1 unspecified atom stereocenters. The molecule has 2 aromatic rings. The molecule has 2 N–H and O–H groups in total. The van der Waals surface area contributed by atoms with Crippen molar-refractivity contribution in [2.24, 2.45) is 0 Å². The lowest BCUT2D eigenvalue weighted by Crippen LogP contribution is -2.13. The van der Waals surface area contributed by atoms with Crippen molar-refractivity contribution in [3.05, 3.63) is 42.4 Å². The summed E-state index contributed by atoms with van der Waals surface area (Å²) < 4.78 is 10.4. The highest BCUT2D eigenvalue weighted by molar-refractivity contribution is 5.40. The summed E-state index contributed by atoms with van der Waals surface area (Å²) in [6.45, 7) is 0.314. The summed E-state index contributed by atoms with van der Waals surface area (Å²) in [5.74, 6) is 1.89. The maximum Gasteiger partial charge on any atom is 0.144 e. The molecule has 0 saturated carbocycles. The number of ether oxygens (including phenoxy) is 2. The quantitative estimate of drug-likeness (QED) is 0.834. The van der Waals surface area contributed by atoms with Crippen molar-refractivity contribution in [2.45, 2.75) is 6.10 Å². The summed E-state index contributed by atoms with van der Waals surface area (Å²) in [5.41, 5.74) is 0.706. The molecule has 0 fully saturated rings. The van der Waals surface area contributed by atoms with Gasteiger partial charge >= 0.3 is 0 Å². The van der Waals surface area contributed by atoms with E-state index in [0.29, 0.717) is 29.4 Å². The molecule has 6 heteroatoms. The van der Waals surface area contributed by atoms with Crippen LogP contribution in [-0.4, -0.2) is 35.8 Å². The largest absolute Gasteiger partial charge is 0.497 e. The molecule has 0 radical (unpaired) electrons. The number of aliphatic hydroxyl groups excluding tert-OH is 1. The van der Waals surface area contributed by atoms with Gasteiger partial charge in [-0.1, -0.05) is 0 Å². The first-order valence-corrected chi connectivity index (χ1v) is 6.14.